The van der Waals surface area contributed by atoms with E-state index >= 15 is 0 Å². The first kappa shape index (κ1) is 19.6. The summed E-state index contributed by atoms with van der Waals surface area (Å²) in [5, 5.41) is 13.7. The number of anilines is 1. The number of nitrogens with zero attached hydrogens (tertiary/aromatic N) is 4. The third kappa shape index (κ3) is 3.42. The first-order valence-electron chi connectivity index (χ1n) is 10.3. The van der Waals surface area contributed by atoms with E-state index in [0.29, 0.717) is 17.9 Å². The van der Waals surface area contributed by atoms with Crippen LogP contribution in [-0.2, 0) is 4.79 Å². The van der Waals surface area contributed by atoms with Gasteiger partial charge >= 0.3 is 0 Å². The Labute approximate surface area is 178 Å². The Morgan fingerprint density at radius 1 is 1.26 bits per heavy atom. The molecule has 1 aliphatic carbocycles. The van der Waals surface area contributed by atoms with Gasteiger partial charge in [0.05, 0.1) is 23.2 Å². The van der Waals surface area contributed by atoms with E-state index in [-0.39, 0.29) is 12.3 Å². The van der Waals surface area contributed by atoms with Crippen molar-refractivity contribution in [2.75, 3.05) is 5.32 Å². The molecule has 31 heavy (non-hydrogen) atoms. The van der Waals surface area contributed by atoms with Gasteiger partial charge in [-0.1, -0.05) is 6.92 Å². The van der Waals surface area contributed by atoms with Crippen LogP contribution in [-0.4, -0.2) is 36.5 Å². The van der Waals surface area contributed by atoms with Gasteiger partial charge in [0.15, 0.2) is 0 Å². The van der Waals surface area contributed by atoms with Gasteiger partial charge in [-0.25, -0.2) is 14.4 Å². The fraction of sp³-hybridized carbons (Fsp3) is 0.304. The zero-order valence-corrected chi connectivity index (χ0v) is 17.2. The highest BCUT2D eigenvalue weighted by molar-refractivity contribution is 5.97. The summed E-state index contributed by atoms with van der Waals surface area (Å²) in [5.74, 6) is -0.526. The number of alkyl halides is 1. The average molecular weight is 419 g/mol. The molecule has 158 valence electrons. The van der Waals surface area contributed by atoms with Crippen LogP contribution in [0.3, 0.4) is 0 Å². The van der Waals surface area contributed by atoms with E-state index in [2.05, 4.69) is 20.3 Å². The summed E-state index contributed by atoms with van der Waals surface area (Å²) in [6.07, 6.45) is 6.26. The molecule has 8 heteroatoms. The number of aliphatic hydroxyl groups excluding tert-OH is 1. The third-order valence-electron chi connectivity index (χ3n) is 5.80. The maximum absolute atomic E-state index is 13.2. The van der Waals surface area contributed by atoms with Crippen molar-refractivity contribution < 1.29 is 14.3 Å². The van der Waals surface area contributed by atoms with E-state index in [4.69, 9.17) is 0 Å². The quantitative estimate of drug-likeness (QED) is 0.510. The SMILES string of the molecule is CC[C@@H](O)c1cc(C)c(-c2cc3cnc(NC(=O)[C@H]4C[C@H]4F)cc3n3ccnc23)cn1. The lowest BCUT2D eigenvalue weighted by molar-refractivity contribution is -0.117. The normalized spacial score (nSPS) is 19.0. The first-order chi connectivity index (χ1) is 15.0. The molecule has 1 saturated carbocycles. The Kier molecular flexibility index (Phi) is 4.66. The van der Waals surface area contributed by atoms with E-state index in [9.17, 15) is 14.3 Å². The summed E-state index contributed by atoms with van der Waals surface area (Å²) in [6.45, 7) is 3.90. The lowest BCUT2D eigenvalue weighted by atomic mass is 10.0. The lowest BCUT2D eigenvalue weighted by Gasteiger charge is -2.14. The maximum atomic E-state index is 13.2. The van der Waals surface area contributed by atoms with Crippen molar-refractivity contribution in [2.45, 2.75) is 39.0 Å². The Morgan fingerprint density at radius 3 is 2.77 bits per heavy atom. The number of carbonyl (C=O) groups excluding carboxylic acids is 1. The van der Waals surface area contributed by atoms with Crippen molar-refractivity contribution in [3.8, 4) is 11.1 Å². The fourth-order valence-corrected chi connectivity index (χ4v) is 3.86. The van der Waals surface area contributed by atoms with Crippen molar-refractivity contribution in [1.82, 2.24) is 19.4 Å². The summed E-state index contributed by atoms with van der Waals surface area (Å²) in [6, 6.07) is 5.67. The number of nitrogens with one attached hydrogen (secondary N) is 1. The Bertz CT molecular complexity index is 1320. The van der Waals surface area contributed by atoms with Gasteiger partial charge in [0.1, 0.15) is 17.6 Å². The monoisotopic (exact) mass is 419 g/mol. The van der Waals surface area contributed by atoms with Crippen LogP contribution in [0.15, 0.2) is 43.0 Å². The molecule has 0 bridgehead atoms. The van der Waals surface area contributed by atoms with Gasteiger partial charge in [0, 0.05) is 47.4 Å². The number of hydrogen-bond donors (Lipinski definition) is 2. The molecule has 2 N–H and O–H groups in total. The minimum Gasteiger partial charge on any atom is -0.387 e. The van der Waals surface area contributed by atoms with E-state index < -0.39 is 18.2 Å². The molecule has 0 unspecified atom stereocenters. The number of imidazole rings is 1. The summed E-state index contributed by atoms with van der Waals surface area (Å²) < 4.78 is 15.1. The van der Waals surface area contributed by atoms with Gasteiger partial charge in [0.2, 0.25) is 5.91 Å². The van der Waals surface area contributed by atoms with Gasteiger partial charge in [-0.3, -0.25) is 14.2 Å². The van der Waals surface area contributed by atoms with Gasteiger partial charge in [0.25, 0.3) is 0 Å². The van der Waals surface area contributed by atoms with Gasteiger partial charge in [-0.05, 0) is 37.5 Å². The number of rotatable bonds is 5. The molecule has 0 radical (unpaired) electrons. The maximum Gasteiger partial charge on any atom is 0.231 e. The van der Waals surface area contributed by atoms with Crippen LogP contribution in [0.25, 0.3) is 27.7 Å². The van der Waals surface area contributed by atoms with Crippen molar-refractivity contribution in [2.24, 2.45) is 5.92 Å². The number of fused-ring (bicyclic) bond motifs is 3. The third-order valence-corrected chi connectivity index (χ3v) is 5.80. The van der Waals surface area contributed by atoms with E-state index in [1.807, 2.05) is 36.6 Å². The van der Waals surface area contributed by atoms with Gasteiger partial charge in [-0.15, -0.1) is 0 Å². The van der Waals surface area contributed by atoms with Crippen molar-refractivity contribution >= 4 is 28.3 Å². The molecule has 4 heterocycles. The van der Waals surface area contributed by atoms with E-state index in [0.717, 1.165) is 33.2 Å². The summed E-state index contributed by atoms with van der Waals surface area (Å²) in [7, 11) is 0. The van der Waals surface area contributed by atoms with Gasteiger partial charge in [-0.2, -0.15) is 0 Å². The second kappa shape index (κ2) is 7.39. The predicted octanol–water partition coefficient (Wildman–Crippen LogP) is 3.99. The molecule has 1 aliphatic rings. The summed E-state index contributed by atoms with van der Waals surface area (Å²) >= 11 is 0. The van der Waals surface area contributed by atoms with Crippen LogP contribution in [0.1, 0.15) is 37.1 Å². The number of aliphatic hydroxyl groups is 1. The largest absolute Gasteiger partial charge is 0.387 e. The molecule has 4 aromatic rings. The zero-order chi connectivity index (χ0) is 21.7. The smallest absolute Gasteiger partial charge is 0.231 e. The number of aromatic nitrogens is 4. The second-order valence-corrected chi connectivity index (χ2v) is 8.00. The molecular weight excluding hydrogens is 397 g/mol. The Hall–Kier alpha value is -3.39. The van der Waals surface area contributed by atoms with Crippen LogP contribution in [0.5, 0.6) is 0 Å². The molecule has 0 aromatic carbocycles. The van der Waals surface area contributed by atoms with E-state index in [1.54, 1.807) is 24.7 Å². The Morgan fingerprint density at radius 2 is 2.06 bits per heavy atom. The predicted molar refractivity (Wildman–Crippen MR) is 115 cm³/mol. The summed E-state index contributed by atoms with van der Waals surface area (Å²) in [5.41, 5.74) is 5.04. The standard InChI is InChI=1S/C23H22FN5O2/c1-3-20(30)18-6-12(2)16(11-26-18)14-7-13-10-27-21(28-23(31)15-8-17(15)24)9-19(13)29-5-4-25-22(14)29/h4-7,9-11,15,17,20,30H,3,8H2,1-2H3,(H,27,28,31)/t15-,17+,20+/m0/s1. The second-order valence-electron chi connectivity index (χ2n) is 8.00. The molecule has 7 nitrogen and oxygen atoms in total. The fourth-order valence-electron chi connectivity index (χ4n) is 3.86. The topological polar surface area (TPSA) is 92.4 Å². The van der Waals surface area contributed by atoms with Crippen molar-refractivity contribution in [3.05, 3.63) is 54.2 Å². The number of carbonyl (C=O) groups is 1. The zero-order valence-electron chi connectivity index (χ0n) is 17.2. The van der Waals surface area contributed by atoms with E-state index in [1.165, 1.54) is 0 Å². The highest BCUT2D eigenvalue weighted by atomic mass is 19.1. The number of amides is 1. The number of halogens is 1. The molecular formula is C23H22FN5O2. The lowest BCUT2D eigenvalue weighted by Crippen LogP contribution is -2.16. The molecule has 0 aliphatic heterocycles. The summed E-state index contributed by atoms with van der Waals surface area (Å²) in [4.78, 5) is 25.4. The van der Waals surface area contributed by atoms with Crippen LogP contribution in [0, 0.1) is 12.8 Å². The number of hydrogen-bond acceptors (Lipinski definition) is 5. The van der Waals surface area contributed by atoms with Crippen LogP contribution in [0.2, 0.25) is 0 Å². The molecule has 1 amide bonds. The van der Waals surface area contributed by atoms with Crippen LogP contribution >= 0.6 is 0 Å². The highest BCUT2D eigenvalue weighted by Gasteiger charge is 2.43. The minimum absolute atomic E-state index is 0.274. The molecule has 0 saturated heterocycles. The molecule has 5 rings (SSSR count). The molecule has 1 fully saturated rings. The molecule has 4 aromatic heterocycles. The Balaban J connectivity index is 1.58. The van der Waals surface area contributed by atoms with Crippen LogP contribution < -0.4 is 5.32 Å². The minimum atomic E-state index is -1.05. The van der Waals surface area contributed by atoms with Gasteiger partial charge < -0.3 is 10.4 Å². The average Bonchev–Trinajstić information content (AvgIpc) is 3.30. The first-order valence-corrected chi connectivity index (χ1v) is 10.3. The van der Waals surface area contributed by atoms with Crippen LogP contribution in [0.4, 0.5) is 10.2 Å². The number of aryl methyl sites for hydroxylation is 1. The number of pyridine rings is 3. The highest BCUT2D eigenvalue weighted by Crippen LogP contribution is 2.35. The molecule has 3 atom stereocenters. The van der Waals surface area contributed by atoms with Crippen molar-refractivity contribution in [1.29, 1.82) is 0 Å². The molecule has 0 spiro atoms. The van der Waals surface area contributed by atoms with Crippen molar-refractivity contribution in [3.63, 3.8) is 0 Å².